The normalized spacial score (nSPS) is 15.7. The quantitative estimate of drug-likeness (QED) is 0.327. The van der Waals surface area contributed by atoms with Crippen molar-refractivity contribution in [2.75, 3.05) is 44.9 Å². The maximum atomic E-state index is 7.95. The first-order chi connectivity index (χ1) is 17.0. The Labute approximate surface area is 202 Å². The number of aromatic nitrogens is 4. The Morgan fingerprint density at radius 1 is 1.26 bits per heavy atom. The summed E-state index contributed by atoms with van der Waals surface area (Å²) in [7, 11) is 3.31. The van der Waals surface area contributed by atoms with E-state index in [4.69, 9.17) is 25.0 Å². The number of nitrogens with one attached hydrogen (secondary N) is 2. The van der Waals surface area contributed by atoms with Gasteiger partial charge in [-0.25, -0.2) is 4.98 Å². The predicted octanol–water partition coefficient (Wildman–Crippen LogP) is 3.01. The minimum Gasteiger partial charge on any atom is -0.493 e. The lowest BCUT2D eigenvalue weighted by Crippen LogP contribution is -2.37. The molecule has 0 bridgehead atoms. The van der Waals surface area contributed by atoms with Gasteiger partial charge in [0.25, 0.3) is 0 Å². The van der Waals surface area contributed by atoms with E-state index in [0.717, 1.165) is 31.0 Å². The molecule has 1 aliphatic heterocycles. The van der Waals surface area contributed by atoms with Crippen LogP contribution in [0.2, 0.25) is 0 Å². The van der Waals surface area contributed by atoms with E-state index in [2.05, 4.69) is 44.3 Å². The number of anilines is 2. The van der Waals surface area contributed by atoms with E-state index in [-0.39, 0.29) is 12.0 Å². The summed E-state index contributed by atoms with van der Waals surface area (Å²) in [6, 6.07) is 7.90. The van der Waals surface area contributed by atoms with Gasteiger partial charge in [-0.3, -0.25) is 4.90 Å². The molecule has 35 heavy (non-hydrogen) atoms. The predicted molar refractivity (Wildman–Crippen MR) is 133 cm³/mol. The fraction of sp³-hybridized carbons (Fsp3) is 0.333. The van der Waals surface area contributed by atoms with E-state index in [1.54, 1.807) is 32.6 Å². The number of methoxy groups -OCH3 is 2. The Balaban J connectivity index is 1.33. The van der Waals surface area contributed by atoms with Gasteiger partial charge in [-0.1, -0.05) is 0 Å². The van der Waals surface area contributed by atoms with Crippen LogP contribution >= 0.6 is 0 Å². The number of ether oxygens (including phenoxy) is 2. The van der Waals surface area contributed by atoms with E-state index in [1.165, 1.54) is 21.9 Å². The maximum absolute atomic E-state index is 7.95. The summed E-state index contributed by atoms with van der Waals surface area (Å²) in [5.41, 5.74) is 9.64. The van der Waals surface area contributed by atoms with Gasteiger partial charge >= 0.3 is 0 Å². The van der Waals surface area contributed by atoms with Gasteiger partial charge in [0, 0.05) is 31.9 Å². The molecule has 4 N–H and O–H groups in total. The zero-order valence-corrected chi connectivity index (χ0v) is 19.9. The molecule has 0 spiro atoms. The second-order valence-electron chi connectivity index (χ2n) is 8.32. The number of hydrogen-bond donors (Lipinski definition) is 3. The third-order valence-electron chi connectivity index (χ3n) is 6.44. The van der Waals surface area contributed by atoms with Crippen LogP contribution in [-0.2, 0) is 6.42 Å². The summed E-state index contributed by atoms with van der Waals surface area (Å²) in [5.74, 6) is 3.09. The Hall–Kier alpha value is -4.12. The Morgan fingerprint density at radius 2 is 2.06 bits per heavy atom. The van der Waals surface area contributed by atoms with Crippen LogP contribution in [-0.4, -0.2) is 64.6 Å². The molecule has 3 aromatic heterocycles. The molecule has 0 amide bonds. The van der Waals surface area contributed by atoms with Gasteiger partial charge in [0.15, 0.2) is 22.9 Å². The summed E-state index contributed by atoms with van der Waals surface area (Å²) in [4.78, 5) is 11.4. The number of nitrogens with two attached hydrogens (primary N) is 1. The van der Waals surface area contributed by atoms with Gasteiger partial charge in [0.2, 0.25) is 11.8 Å². The van der Waals surface area contributed by atoms with Crippen molar-refractivity contribution in [3.8, 4) is 23.1 Å². The molecule has 0 fully saturated rings. The highest BCUT2D eigenvalue weighted by Crippen LogP contribution is 2.37. The smallest absolute Gasteiger partial charge is 0.225 e. The number of benzene rings is 1. The second kappa shape index (κ2) is 9.26. The number of rotatable bonds is 8. The van der Waals surface area contributed by atoms with E-state index in [1.807, 2.05) is 0 Å². The molecule has 1 aliphatic rings. The van der Waals surface area contributed by atoms with E-state index < -0.39 is 0 Å². The lowest BCUT2D eigenvalue weighted by Gasteiger charge is -2.35. The van der Waals surface area contributed by atoms with Crippen molar-refractivity contribution in [1.29, 1.82) is 5.41 Å². The molecule has 0 saturated heterocycles. The highest BCUT2D eigenvalue weighted by atomic mass is 16.5. The zero-order chi connectivity index (χ0) is 24.5. The molecule has 5 rings (SSSR count). The summed E-state index contributed by atoms with van der Waals surface area (Å²) in [6.07, 6.45) is 3.70. The lowest BCUT2D eigenvalue weighted by molar-refractivity contribution is 0.205. The molecule has 1 unspecified atom stereocenters. The molecule has 0 radical (unpaired) electrons. The zero-order valence-electron chi connectivity index (χ0n) is 19.9. The minimum absolute atomic E-state index is 0.180. The topological polar surface area (TPSA) is 140 Å². The highest BCUT2D eigenvalue weighted by molar-refractivity contribution is 5.93. The molecule has 182 valence electrons. The van der Waals surface area contributed by atoms with Crippen molar-refractivity contribution in [1.82, 2.24) is 24.5 Å². The van der Waals surface area contributed by atoms with Crippen LogP contribution in [0.25, 0.3) is 17.2 Å². The van der Waals surface area contributed by atoms with Crippen LogP contribution in [0.4, 0.5) is 11.8 Å². The average Bonchev–Trinajstić information content (AvgIpc) is 3.55. The first kappa shape index (κ1) is 22.7. The van der Waals surface area contributed by atoms with E-state index >= 15 is 0 Å². The molecule has 0 aliphatic carbocycles. The fourth-order valence-electron chi connectivity index (χ4n) is 4.57. The second-order valence-corrected chi connectivity index (χ2v) is 8.32. The first-order valence-electron chi connectivity index (χ1n) is 11.4. The molecule has 4 aromatic rings. The van der Waals surface area contributed by atoms with Crippen LogP contribution in [0.15, 0.2) is 34.9 Å². The Bertz CT molecular complexity index is 1370. The van der Waals surface area contributed by atoms with Crippen molar-refractivity contribution >= 4 is 23.6 Å². The van der Waals surface area contributed by atoms with Crippen molar-refractivity contribution < 1.29 is 13.9 Å². The Morgan fingerprint density at radius 3 is 2.77 bits per heavy atom. The number of nitrogen functional groups attached to an aromatic ring is 1. The first-order valence-corrected chi connectivity index (χ1v) is 11.4. The summed E-state index contributed by atoms with van der Waals surface area (Å²) < 4.78 is 17.8. The summed E-state index contributed by atoms with van der Waals surface area (Å²) >= 11 is 0. The molecule has 4 heterocycles. The van der Waals surface area contributed by atoms with Crippen LogP contribution in [0.5, 0.6) is 11.5 Å². The molecule has 11 nitrogen and oxygen atoms in total. The SMILES string of the molecule is COc1cc2c(cc1OC)C(C)N(CCNc1nc(N)n3nc(-c4ccco4)nc3c1C=N)CC2. The van der Waals surface area contributed by atoms with Crippen LogP contribution in [0.1, 0.15) is 29.7 Å². The lowest BCUT2D eigenvalue weighted by atomic mass is 9.93. The van der Waals surface area contributed by atoms with Crippen molar-refractivity contribution in [2.24, 2.45) is 0 Å². The molecular weight excluding hydrogens is 448 g/mol. The molecular formula is C24H28N8O3. The van der Waals surface area contributed by atoms with Crippen molar-refractivity contribution in [3.05, 3.63) is 47.2 Å². The van der Waals surface area contributed by atoms with Crippen molar-refractivity contribution in [2.45, 2.75) is 19.4 Å². The monoisotopic (exact) mass is 476 g/mol. The van der Waals surface area contributed by atoms with Gasteiger partial charge in [-0.15, -0.1) is 5.10 Å². The third kappa shape index (κ3) is 4.03. The van der Waals surface area contributed by atoms with Gasteiger partial charge in [-0.05, 0) is 48.7 Å². The molecule has 1 atom stereocenters. The number of fused-ring (bicyclic) bond motifs is 2. The minimum atomic E-state index is 0.180. The summed E-state index contributed by atoms with van der Waals surface area (Å²) in [6.45, 7) is 4.52. The van der Waals surface area contributed by atoms with Crippen LogP contribution in [0.3, 0.4) is 0 Å². The van der Waals surface area contributed by atoms with E-state index in [9.17, 15) is 0 Å². The standard InChI is InChI=1S/C24H28N8O3/c1-14-16-12-20(34-3)19(33-2)11-15(16)6-8-31(14)9-7-27-21-17(13-25)23-28-22(18-5-4-10-35-18)30-32(23)24(26)29-21/h4-5,10-14,25,27H,6-9H2,1-3H3,(H2,26,29). The largest absolute Gasteiger partial charge is 0.493 e. The van der Waals surface area contributed by atoms with Crippen LogP contribution in [0, 0.1) is 5.41 Å². The van der Waals surface area contributed by atoms with Gasteiger partial charge in [-0.2, -0.15) is 9.50 Å². The summed E-state index contributed by atoms with van der Waals surface area (Å²) in [5, 5.41) is 15.7. The third-order valence-corrected chi connectivity index (χ3v) is 6.44. The molecule has 1 aromatic carbocycles. The number of furan rings is 1. The number of nitrogens with zero attached hydrogens (tertiary/aromatic N) is 5. The maximum Gasteiger partial charge on any atom is 0.225 e. The molecule has 0 saturated carbocycles. The fourth-order valence-corrected chi connectivity index (χ4v) is 4.57. The van der Waals surface area contributed by atoms with Crippen molar-refractivity contribution in [3.63, 3.8) is 0 Å². The van der Waals surface area contributed by atoms with E-state index in [0.29, 0.717) is 35.2 Å². The highest BCUT2D eigenvalue weighted by Gasteiger charge is 2.26. The Kier molecular flexibility index (Phi) is 6.00. The number of hydrogen-bond acceptors (Lipinski definition) is 10. The average molecular weight is 477 g/mol. The van der Waals surface area contributed by atoms with Gasteiger partial charge in [0.05, 0.1) is 26.0 Å². The van der Waals surface area contributed by atoms with Gasteiger partial charge < -0.3 is 30.4 Å². The van der Waals surface area contributed by atoms with Crippen LogP contribution < -0.4 is 20.5 Å². The van der Waals surface area contributed by atoms with Gasteiger partial charge in [0.1, 0.15) is 5.82 Å². The molecule has 11 heteroatoms.